The van der Waals surface area contributed by atoms with Crippen molar-refractivity contribution in [3.8, 4) is 0 Å². The molecule has 0 atom stereocenters. The van der Waals surface area contributed by atoms with Gasteiger partial charge in [0.25, 0.3) is 0 Å². The van der Waals surface area contributed by atoms with Crippen LogP contribution >= 0.6 is 27.5 Å². The minimum absolute atomic E-state index is 0.219. The number of halogens is 2. The van der Waals surface area contributed by atoms with Crippen molar-refractivity contribution < 1.29 is 0 Å². The second-order valence-corrected chi connectivity index (χ2v) is 4.24. The van der Waals surface area contributed by atoms with Gasteiger partial charge in [-0.1, -0.05) is 6.07 Å². The Morgan fingerprint density at radius 1 is 1.38 bits per heavy atom. The van der Waals surface area contributed by atoms with Crippen LogP contribution in [0.5, 0.6) is 0 Å². The molecule has 0 saturated carbocycles. The molecule has 0 unspecified atom stereocenters. The van der Waals surface area contributed by atoms with E-state index in [2.05, 4.69) is 36.2 Å². The molecule has 16 heavy (non-hydrogen) atoms. The number of hydrogen-bond acceptors (Lipinski definition) is 4. The Kier molecular flexibility index (Phi) is 3.69. The number of nitrogens with zero attached hydrogens (tertiary/aromatic N) is 3. The molecule has 0 aliphatic rings. The third-order valence-electron chi connectivity index (χ3n) is 1.90. The standard InChI is InChI=1S/C10H8BrClN4/c11-8-6-15-10(12)16-9(8)14-5-7-2-1-3-13-4-7/h1-4,6H,5H2,(H,14,15,16). The van der Waals surface area contributed by atoms with E-state index < -0.39 is 0 Å². The van der Waals surface area contributed by atoms with Gasteiger partial charge in [0.15, 0.2) is 0 Å². The number of nitrogens with one attached hydrogen (secondary N) is 1. The van der Waals surface area contributed by atoms with Crippen LogP contribution in [0.2, 0.25) is 5.28 Å². The molecule has 82 valence electrons. The average molecular weight is 300 g/mol. The first-order valence-corrected chi connectivity index (χ1v) is 5.73. The number of hydrogen-bond donors (Lipinski definition) is 1. The van der Waals surface area contributed by atoms with Gasteiger partial charge in [-0.3, -0.25) is 4.98 Å². The van der Waals surface area contributed by atoms with Crippen LogP contribution in [0.25, 0.3) is 0 Å². The number of aromatic nitrogens is 3. The number of rotatable bonds is 3. The smallest absolute Gasteiger partial charge is 0.224 e. The van der Waals surface area contributed by atoms with Crippen LogP contribution in [0.3, 0.4) is 0 Å². The van der Waals surface area contributed by atoms with E-state index in [-0.39, 0.29) is 5.28 Å². The predicted octanol–water partition coefficient (Wildman–Crippen LogP) is 2.90. The van der Waals surface area contributed by atoms with E-state index in [1.165, 1.54) is 0 Å². The molecule has 2 aromatic heterocycles. The molecule has 2 heterocycles. The fourth-order valence-electron chi connectivity index (χ4n) is 1.16. The predicted molar refractivity (Wildman–Crippen MR) is 66.3 cm³/mol. The van der Waals surface area contributed by atoms with Crippen molar-refractivity contribution in [1.29, 1.82) is 0 Å². The lowest BCUT2D eigenvalue weighted by Gasteiger charge is -2.06. The van der Waals surface area contributed by atoms with Gasteiger partial charge in [0.2, 0.25) is 5.28 Å². The fourth-order valence-corrected chi connectivity index (χ4v) is 1.62. The van der Waals surface area contributed by atoms with Crippen LogP contribution in [-0.4, -0.2) is 15.0 Å². The Hall–Kier alpha value is -1.20. The van der Waals surface area contributed by atoms with Crippen molar-refractivity contribution in [2.24, 2.45) is 0 Å². The second-order valence-electron chi connectivity index (χ2n) is 3.05. The van der Waals surface area contributed by atoms with Gasteiger partial charge >= 0.3 is 0 Å². The molecule has 0 fully saturated rings. The average Bonchev–Trinajstić information content (AvgIpc) is 2.32. The molecule has 0 aliphatic carbocycles. The minimum Gasteiger partial charge on any atom is -0.365 e. The summed E-state index contributed by atoms with van der Waals surface area (Å²) in [7, 11) is 0. The summed E-state index contributed by atoms with van der Waals surface area (Å²) >= 11 is 9.05. The van der Waals surface area contributed by atoms with Crippen molar-refractivity contribution in [3.05, 3.63) is 46.0 Å². The lowest BCUT2D eigenvalue weighted by Crippen LogP contribution is -2.03. The Bertz CT molecular complexity index is 478. The summed E-state index contributed by atoms with van der Waals surface area (Å²) in [5.74, 6) is 0.670. The SMILES string of the molecule is Clc1ncc(Br)c(NCc2cccnc2)n1. The van der Waals surface area contributed by atoms with Gasteiger partial charge < -0.3 is 5.32 Å². The molecule has 0 saturated heterocycles. The molecule has 0 amide bonds. The van der Waals surface area contributed by atoms with Gasteiger partial charge in [0.05, 0.1) is 4.47 Å². The summed E-state index contributed by atoms with van der Waals surface area (Å²) < 4.78 is 0.779. The molecule has 2 rings (SSSR count). The molecule has 0 spiro atoms. The fraction of sp³-hybridized carbons (Fsp3) is 0.100. The van der Waals surface area contributed by atoms with Gasteiger partial charge in [-0.15, -0.1) is 0 Å². The first-order chi connectivity index (χ1) is 7.75. The molecule has 0 aromatic carbocycles. The van der Waals surface area contributed by atoms with Crippen molar-refractivity contribution >= 4 is 33.3 Å². The Balaban J connectivity index is 2.08. The first kappa shape index (κ1) is 11.3. The van der Waals surface area contributed by atoms with Crippen LogP contribution in [0.1, 0.15) is 5.56 Å². The quantitative estimate of drug-likeness (QED) is 0.885. The lowest BCUT2D eigenvalue weighted by molar-refractivity contribution is 1.06. The largest absolute Gasteiger partial charge is 0.365 e. The van der Waals surface area contributed by atoms with Gasteiger partial charge in [0.1, 0.15) is 5.82 Å². The summed E-state index contributed by atoms with van der Waals surface area (Å²) in [6.45, 7) is 0.639. The first-order valence-electron chi connectivity index (χ1n) is 4.56. The maximum Gasteiger partial charge on any atom is 0.224 e. The van der Waals surface area contributed by atoms with Crippen LogP contribution < -0.4 is 5.32 Å². The Morgan fingerprint density at radius 3 is 3.00 bits per heavy atom. The zero-order chi connectivity index (χ0) is 11.4. The topological polar surface area (TPSA) is 50.7 Å². The highest BCUT2D eigenvalue weighted by Gasteiger charge is 2.03. The van der Waals surface area contributed by atoms with E-state index in [4.69, 9.17) is 11.6 Å². The van der Waals surface area contributed by atoms with Gasteiger partial charge in [-0.25, -0.2) is 4.98 Å². The highest BCUT2D eigenvalue weighted by atomic mass is 79.9. The highest BCUT2D eigenvalue weighted by molar-refractivity contribution is 9.10. The maximum absolute atomic E-state index is 5.70. The molecule has 0 bridgehead atoms. The highest BCUT2D eigenvalue weighted by Crippen LogP contribution is 2.20. The third-order valence-corrected chi connectivity index (χ3v) is 2.66. The molecule has 6 heteroatoms. The second kappa shape index (κ2) is 5.23. The minimum atomic E-state index is 0.219. The van der Waals surface area contributed by atoms with E-state index >= 15 is 0 Å². The monoisotopic (exact) mass is 298 g/mol. The number of pyridine rings is 1. The Labute approximate surface area is 106 Å². The summed E-state index contributed by atoms with van der Waals surface area (Å²) in [5.41, 5.74) is 1.07. The van der Waals surface area contributed by atoms with Crippen LogP contribution in [-0.2, 0) is 6.54 Å². The van der Waals surface area contributed by atoms with Crippen LogP contribution in [0, 0.1) is 0 Å². The van der Waals surface area contributed by atoms with E-state index in [0.29, 0.717) is 12.4 Å². The van der Waals surface area contributed by atoms with Gasteiger partial charge in [-0.2, -0.15) is 4.98 Å². The van der Waals surface area contributed by atoms with E-state index in [0.717, 1.165) is 10.0 Å². The lowest BCUT2D eigenvalue weighted by atomic mass is 10.3. The normalized spacial score (nSPS) is 10.1. The zero-order valence-corrected chi connectivity index (χ0v) is 10.5. The van der Waals surface area contributed by atoms with E-state index in [9.17, 15) is 0 Å². The van der Waals surface area contributed by atoms with Crippen molar-refractivity contribution in [3.63, 3.8) is 0 Å². The molecular formula is C10H8BrClN4. The molecule has 4 nitrogen and oxygen atoms in total. The Morgan fingerprint density at radius 2 is 2.25 bits per heavy atom. The number of anilines is 1. The molecule has 0 aliphatic heterocycles. The molecule has 0 radical (unpaired) electrons. The summed E-state index contributed by atoms with van der Waals surface area (Å²) in [6.07, 6.45) is 5.14. The van der Waals surface area contributed by atoms with Gasteiger partial charge in [-0.05, 0) is 39.2 Å². The molecule has 1 N–H and O–H groups in total. The summed E-state index contributed by atoms with van der Waals surface area (Å²) in [6, 6.07) is 3.87. The summed E-state index contributed by atoms with van der Waals surface area (Å²) in [4.78, 5) is 11.9. The summed E-state index contributed by atoms with van der Waals surface area (Å²) in [5, 5.41) is 3.37. The third kappa shape index (κ3) is 2.90. The maximum atomic E-state index is 5.70. The van der Waals surface area contributed by atoms with Crippen molar-refractivity contribution in [2.75, 3.05) is 5.32 Å². The molecular weight excluding hydrogens is 291 g/mol. The van der Waals surface area contributed by atoms with E-state index in [1.54, 1.807) is 18.6 Å². The molecule has 2 aromatic rings. The van der Waals surface area contributed by atoms with Crippen molar-refractivity contribution in [2.45, 2.75) is 6.54 Å². The van der Waals surface area contributed by atoms with Crippen LogP contribution in [0.15, 0.2) is 35.2 Å². The van der Waals surface area contributed by atoms with Crippen LogP contribution in [0.4, 0.5) is 5.82 Å². The van der Waals surface area contributed by atoms with Crippen molar-refractivity contribution in [1.82, 2.24) is 15.0 Å². The van der Waals surface area contributed by atoms with E-state index in [1.807, 2.05) is 12.1 Å². The zero-order valence-electron chi connectivity index (χ0n) is 8.19. The van der Waals surface area contributed by atoms with Gasteiger partial charge in [0, 0.05) is 25.1 Å².